The molecule has 0 amide bonds. The summed E-state index contributed by atoms with van der Waals surface area (Å²) in [5.41, 5.74) is 1.85. The lowest BCUT2D eigenvalue weighted by Gasteiger charge is -2.16. The topological polar surface area (TPSA) is 88.2 Å². The molecule has 10 heteroatoms. The first-order valence-corrected chi connectivity index (χ1v) is 13.1. The van der Waals surface area contributed by atoms with Gasteiger partial charge in [-0.2, -0.15) is 5.10 Å². The third kappa shape index (κ3) is 5.40. The lowest BCUT2D eigenvalue weighted by atomic mass is 10.1. The summed E-state index contributed by atoms with van der Waals surface area (Å²) in [5, 5.41) is 11.4. The van der Waals surface area contributed by atoms with Gasteiger partial charge in [0.15, 0.2) is 23.1 Å². The average Bonchev–Trinajstić information content (AvgIpc) is 3.42. The van der Waals surface area contributed by atoms with E-state index >= 15 is 0 Å². The van der Waals surface area contributed by atoms with Gasteiger partial charge >= 0.3 is 0 Å². The molecule has 198 valence electrons. The molecule has 4 aromatic rings. The minimum atomic E-state index is -0.698. The molecule has 3 heterocycles. The van der Waals surface area contributed by atoms with Gasteiger partial charge in [-0.1, -0.05) is 0 Å². The molecule has 2 aromatic heterocycles. The number of halogens is 2. The Morgan fingerprint density at radius 1 is 1.00 bits per heavy atom. The zero-order valence-corrected chi connectivity index (χ0v) is 21.3. The van der Waals surface area contributed by atoms with Gasteiger partial charge in [0.05, 0.1) is 19.2 Å². The van der Waals surface area contributed by atoms with Crippen LogP contribution in [0.1, 0.15) is 43.7 Å². The number of hydrogen-bond acceptors (Lipinski definition) is 7. The Labute approximate surface area is 219 Å². The molecular formula is C28H30F2N6O2. The van der Waals surface area contributed by atoms with Crippen LogP contribution in [0.3, 0.4) is 0 Å². The van der Waals surface area contributed by atoms with Crippen LogP contribution in [0.2, 0.25) is 0 Å². The molecule has 0 bridgehead atoms. The van der Waals surface area contributed by atoms with Crippen molar-refractivity contribution in [3.05, 3.63) is 53.7 Å². The summed E-state index contributed by atoms with van der Waals surface area (Å²) in [4.78, 5) is 11.7. The summed E-state index contributed by atoms with van der Waals surface area (Å²) >= 11 is 0. The van der Waals surface area contributed by atoms with Crippen molar-refractivity contribution in [1.29, 1.82) is 0 Å². The smallest absolute Gasteiger partial charge is 0.163 e. The minimum Gasteiger partial charge on any atom is -0.493 e. The van der Waals surface area contributed by atoms with Crippen molar-refractivity contribution in [3.8, 4) is 22.9 Å². The van der Waals surface area contributed by atoms with E-state index in [2.05, 4.69) is 30.4 Å². The van der Waals surface area contributed by atoms with Crippen LogP contribution in [0, 0.1) is 11.6 Å². The number of aromatic nitrogens is 4. The first-order valence-electron chi connectivity index (χ1n) is 13.1. The molecule has 38 heavy (non-hydrogen) atoms. The van der Waals surface area contributed by atoms with Gasteiger partial charge in [-0.05, 0) is 63.4 Å². The number of fused-ring (bicyclic) bond motifs is 1. The van der Waals surface area contributed by atoms with Gasteiger partial charge in [0.25, 0.3) is 0 Å². The number of H-pyrrole nitrogens is 1. The fourth-order valence-corrected chi connectivity index (χ4v) is 4.92. The standard InChI is InChI=1S/C28H30F2N6O2/c1-37-24-14-21-23(15-25(24)38-10-4-9-36-7-2-3-8-36)31-27(18-11-19(29)13-20(30)12-18)33-28(21)32-26-16-22(34-35-26)17-5-6-17/h11-17H,2-10H2,1H3,(H2,31,32,33,34,35). The molecule has 2 aromatic carbocycles. The molecule has 6 rings (SSSR count). The van der Waals surface area contributed by atoms with E-state index in [1.807, 2.05) is 12.1 Å². The van der Waals surface area contributed by atoms with E-state index in [1.165, 1.54) is 25.0 Å². The van der Waals surface area contributed by atoms with Crippen LogP contribution in [0.5, 0.6) is 11.5 Å². The second-order valence-electron chi connectivity index (χ2n) is 9.93. The normalized spacial score (nSPS) is 15.8. The van der Waals surface area contributed by atoms with Gasteiger partial charge in [-0.25, -0.2) is 18.7 Å². The quantitative estimate of drug-likeness (QED) is 0.256. The van der Waals surface area contributed by atoms with Gasteiger partial charge < -0.3 is 19.7 Å². The zero-order chi connectivity index (χ0) is 26.1. The number of nitrogens with one attached hydrogen (secondary N) is 2. The van der Waals surface area contributed by atoms with Crippen molar-refractivity contribution in [1.82, 2.24) is 25.1 Å². The van der Waals surface area contributed by atoms with Crippen molar-refractivity contribution < 1.29 is 18.3 Å². The van der Waals surface area contributed by atoms with Crippen LogP contribution in [0.25, 0.3) is 22.3 Å². The van der Waals surface area contributed by atoms with Crippen molar-refractivity contribution in [2.24, 2.45) is 0 Å². The number of rotatable bonds is 10. The van der Waals surface area contributed by atoms with Crippen LogP contribution in [-0.4, -0.2) is 58.4 Å². The summed E-state index contributed by atoms with van der Waals surface area (Å²) in [6, 6.07) is 8.82. The van der Waals surface area contributed by atoms with Gasteiger partial charge in [0.1, 0.15) is 17.5 Å². The van der Waals surface area contributed by atoms with E-state index in [-0.39, 0.29) is 11.4 Å². The van der Waals surface area contributed by atoms with Crippen molar-refractivity contribution in [2.75, 3.05) is 38.7 Å². The van der Waals surface area contributed by atoms with Gasteiger partial charge in [0, 0.05) is 47.3 Å². The molecule has 1 saturated heterocycles. The molecule has 2 aliphatic rings. The van der Waals surface area contributed by atoms with E-state index in [0.29, 0.717) is 46.6 Å². The zero-order valence-electron chi connectivity index (χ0n) is 21.3. The lowest BCUT2D eigenvalue weighted by molar-refractivity contribution is 0.254. The third-order valence-corrected chi connectivity index (χ3v) is 7.04. The van der Waals surface area contributed by atoms with Crippen LogP contribution < -0.4 is 14.8 Å². The van der Waals surface area contributed by atoms with E-state index in [1.54, 1.807) is 13.2 Å². The average molecular weight is 521 g/mol. The Hall–Kier alpha value is -3.79. The maximum absolute atomic E-state index is 14.0. The highest BCUT2D eigenvalue weighted by Crippen LogP contribution is 2.40. The largest absolute Gasteiger partial charge is 0.493 e. The number of anilines is 2. The van der Waals surface area contributed by atoms with E-state index in [0.717, 1.165) is 50.7 Å². The Morgan fingerprint density at radius 2 is 1.79 bits per heavy atom. The first-order chi connectivity index (χ1) is 18.6. The van der Waals surface area contributed by atoms with Crippen LogP contribution in [0.4, 0.5) is 20.4 Å². The highest BCUT2D eigenvalue weighted by atomic mass is 19.1. The summed E-state index contributed by atoms with van der Waals surface area (Å²) in [5.74, 6) is 1.45. The molecule has 0 atom stereocenters. The second-order valence-corrected chi connectivity index (χ2v) is 9.93. The number of likely N-dealkylation sites (tertiary alicyclic amines) is 1. The van der Waals surface area contributed by atoms with Gasteiger partial charge in [0.2, 0.25) is 0 Å². The summed E-state index contributed by atoms with van der Waals surface area (Å²) in [6.45, 7) is 3.82. The van der Waals surface area contributed by atoms with Crippen LogP contribution in [-0.2, 0) is 0 Å². The molecule has 1 aliphatic carbocycles. The fourth-order valence-electron chi connectivity index (χ4n) is 4.92. The van der Waals surface area contributed by atoms with Gasteiger partial charge in [-0.15, -0.1) is 0 Å². The summed E-state index contributed by atoms with van der Waals surface area (Å²) < 4.78 is 39.8. The Bertz CT molecular complexity index is 1430. The first kappa shape index (κ1) is 24.5. The van der Waals surface area contributed by atoms with Crippen molar-refractivity contribution in [3.63, 3.8) is 0 Å². The Morgan fingerprint density at radius 3 is 2.53 bits per heavy atom. The molecule has 2 fully saturated rings. The number of benzene rings is 2. The Balaban J connectivity index is 1.35. The number of nitrogens with zero attached hydrogens (tertiary/aromatic N) is 4. The minimum absolute atomic E-state index is 0.182. The molecule has 0 unspecified atom stereocenters. The maximum Gasteiger partial charge on any atom is 0.163 e. The fraction of sp³-hybridized carbons (Fsp3) is 0.393. The molecule has 8 nitrogen and oxygen atoms in total. The molecule has 1 aliphatic heterocycles. The monoisotopic (exact) mass is 520 g/mol. The van der Waals surface area contributed by atoms with Crippen molar-refractivity contribution in [2.45, 2.75) is 38.0 Å². The summed E-state index contributed by atoms with van der Waals surface area (Å²) in [7, 11) is 1.59. The highest BCUT2D eigenvalue weighted by molar-refractivity contribution is 5.94. The third-order valence-electron chi connectivity index (χ3n) is 7.04. The summed E-state index contributed by atoms with van der Waals surface area (Å²) in [6.07, 6.45) is 5.70. The SMILES string of the molecule is COc1cc2c(Nc3cc(C4CC4)[nH]n3)nc(-c3cc(F)cc(F)c3)nc2cc1OCCCN1CCCC1. The maximum atomic E-state index is 14.0. The van der Waals surface area contributed by atoms with E-state index in [9.17, 15) is 8.78 Å². The molecular weight excluding hydrogens is 490 g/mol. The molecule has 0 radical (unpaired) electrons. The second kappa shape index (κ2) is 10.5. The molecule has 1 saturated carbocycles. The predicted molar refractivity (Wildman–Crippen MR) is 141 cm³/mol. The molecule has 2 N–H and O–H groups in total. The number of ether oxygens (including phenoxy) is 2. The lowest BCUT2D eigenvalue weighted by Crippen LogP contribution is -2.21. The number of methoxy groups -OCH3 is 1. The van der Waals surface area contributed by atoms with Gasteiger partial charge in [-0.3, -0.25) is 5.10 Å². The van der Waals surface area contributed by atoms with Crippen LogP contribution >= 0.6 is 0 Å². The Kier molecular flexibility index (Phi) is 6.80. The van der Waals surface area contributed by atoms with Crippen molar-refractivity contribution >= 4 is 22.5 Å². The van der Waals surface area contributed by atoms with E-state index in [4.69, 9.17) is 9.47 Å². The predicted octanol–water partition coefficient (Wildman–Crippen LogP) is 5.79. The number of aromatic amines is 1. The number of hydrogen-bond donors (Lipinski definition) is 2. The molecule has 0 spiro atoms. The van der Waals surface area contributed by atoms with Crippen LogP contribution in [0.15, 0.2) is 36.4 Å². The highest BCUT2D eigenvalue weighted by Gasteiger charge is 2.26. The van der Waals surface area contributed by atoms with E-state index < -0.39 is 11.6 Å².